The number of carbonyl (C=O) groups excluding carboxylic acids is 1. The average Bonchev–Trinajstić information content (AvgIpc) is 3.36. The van der Waals surface area contributed by atoms with Crippen molar-refractivity contribution in [3.63, 3.8) is 0 Å². The summed E-state index contributed by atoms with van der Waals surface area (Å²) in [5, 5.41) is 4.04. The monoisotopic (exact) mass is 481 g/mol. The third-order valence-electron chi connectivity index (χ3n) is 6.64. The molecule has 0 bridgehead atoms. The van der Waals surface area contributed by atoms with E-state index in [9.17, 15) is 4.79 Å². The smallest absolute Gasteiger partial charge is 0.276 e. The summed E-state index contributed by atoms with van der Waals surface area (Å²) in [6.45, 7) is 7.63. The number of amides is 1. The third-order valence-corrected chi connectivity index (χ3v) is 6.64. The second-order valence-electron chi connectivity index (χ2n) is 9.94. The molecule has 1 fully saturated rings. The molecule has 1 aliphatic rings. The van der Waals surface area contributed by atoms with Crippen LogP contribution in [-0.4, -0.2) is 44.0 Å². The number of aryl methyl sites for hydroxylation is 1. The van der Waals surface area contributed by atoms with Gasteiger partial charge in [-0.1, -0.05) is 48.8 Å². The Kier molecular flexibility index (Phi) is 6.89. The molecule has 0 atom stereocenters. The first-order chi connectivity index (χ1) is 17.5. The molecular weight excluding hydrogens is 450 g/mol. The van der Waals surface area contributed by atoms with Crippen molar-refractivity contribution < 1.29 is 9.32 Å². The predicted molar refractivity (Wildman–Crippen MR) is 138 cm³/mol. The second kappa shape index (κ2) is 10.4. The van der Waals surface area contributed by atoms with Gasteiger partial charge in [0.15, 0.2) is 11.5 Å². The number of piperidine rings is 1. The summed E-state index contributed by atoms with van der Waals surface area (Å²) < 4.78 is 5.39. The largest absolute Gasteiger partial charge is 0.361 e. The summed E-state index contributed by atoms with van der Waals surface area (Å²) in [4.78, 5) is 28.8. The molecule has 36 heavy (non-hydrogen) atoms. The van der Waals surface area contributed by atoms with Crippen LogP contribution < -0.4 is 0 Å². The maximum Gasteiger partial charge on any atom is 0.276 e. The minimum Gasteiger partial charge on any atom is -0.361 e. The molecule has 1 aliphatic heterocycles. The number of carbonyl (C=O) groups is 1. The first-order valence-electron chi connectivity index (χ1n) is 12.6. The van der Waals surface area contributed by atoms with Crippen LogP contribution in [0.3, 0.4) is 0 Å². The van der Waals surface area contributed by atoms with E-state index in [1.165, 1.54) is 5.56 Å². The van der Waals surface area contributed by atoms with Crippen LogP contribution in [0.2, 0.25) is 0 Å². The molecular formula is C29H31N5O2. The van der Waals surface area contributed by atoms with Gasteiger partial charge in [0.25, 0.3) is 5.91 Å². The molecule has 0 saturated carbocycles. The van der Waals surface area contributed by atoms with Crippen LogP contribution in [0.1, 0.15) is 60.1 Å². The molecule has 7 heteroatoms. The van der Waals surface area contributed by atoms with Gasteiger partial charge in [-0.3, -0.25) is 9.78 Å². The summed E-state index contributed by atoms with van der Waals surface area (Å²) in [7, 11) is 0. The number of pyridine rings is 1. The van der Waals surface area contributed by atoms with E-state index < -0.39 is 0 Å². The lowest BCUT2D eigenvalue weighted by Crippen LogP contribution is -2.38. The van der Waals surface area contributed by atoms with Gasteiger partial charge in [-0.2, -0.15) is 0 Å². The number of likely N-dealkylation sites (tertiary alicyclic amines) is 1. The lowest BCUT2D eigenvalue weighted by atomic mass is 9.88. The summed E-state index contributed by atoms with van der Waals surface area (Å²) >= 11 is 0. The Balaban J connectivity index is 1.39. The van der Waals surface area contributed by atoms with E-state index in [4.69, 9.17) is 14.5 Å². The van der Waals surface area contributed by atoms with Crippen molar-refractivity contribution in [2.75, 3.05) is 13.1 Å². The lowest BCUT2D eigenvalue weighted by Gasteiger charge is -2.32. The summed E-state index contributed by atoms with van der Waals surface area (Å²) in [5.41, 5.74) is 5.74. The first-order valence-corrected chi connectivity index (χ1v) is 12.6. The van der Waals surface area contributed by atoms with E-state index in [1.807, 2.05) is 23.2 Å². The minimum atomic E-state index is -0.0636. The molecule has 1 amide bonds. The van der Waals surface area contributed by atoms with E-state index in [2.05, 4.69) is 55.2 Å². The van der Waals surface area contributed by atoms with Crippen LogP contribution in [-0.2, 0) is 6.42 Å². The highest BCUT2D eigenvalue weighted by Gasteiger charge is 2.29. The minimum absolute atomic E-state index is 0.0636. The van der Waals surface area contributed by atoms with E-state index >= 15 is 0 Å². The Bertz CT molecular complexity index is 1340. The summed E-state index contributed by atoms with van der Waals surface area (Å²) in [6, 6.07) is 14.1. The van der Waals surface area contributed by atoms with Crippen LogP contribution in [0.25, 0.3) is 22.5 Å². The maximum atomic E-state index is 13.1. The molecule has 184 valence electrons. The van der Waals surface area contributed by atoms with Gasteiger partial charge in [0.1, 0.15) is 5.76 Å². The number of hydrogen-bond donors (Lipinski definition) is 0. The topological polar surface area (TPSA) is 85.0 Å². The predicted octanol–water partition coefficient (Wildman–Crippen LogP) is 5.72. The van der Waals surface area contributed by atoms with Gasteiger partial charge in [0, 0.05) is 61.2 Å². The molecule has 0 spiro atoms. The van der Waals surface area contributed by atoms with Gasteiger partial charge < -0.3 is 9.42 Å². The molecule has 0 aliphatic carbocycles. The van der Waals surface area contributed by atoms with E-state index in [1.54, 1.807) is 18.5 Å². The molecule has 7 nitrogen and oxygen atoms in total. The van der Waals surface area contributed by atoms with Crippen molar-refractivity contribution in [1.29, 1.82) is 0 Å². The zero-order valence-corrected chi connectivity index (χ0v) is 21.0. The maximum absolute atomic E-state index is 13.1. The lowest BCUT2D eigenvalue weighted by molar-refractivity contribution is 0.0701. The summed E-state index contributed by atoms with van der Waals surface area (Å²) in [5.74, 6) is 2.07. The van der Waals surface area contributed by atoms with Crippen molar-refractivity contribution in [2.45, 2.75) is 46.0 Å². The number of hydrogen-bond acceptors (Lipinski definition) is 6. The molecule has 1 aromatic carbocycles. The Morgan fingerprint density at radius 1 is 1.08 bits per heavy atom. The molecule has 3 aromatic heterocycles. The molecule has 4 heterocycles. The van der Waals surface area contributed by atoms with Crippen LogP contribution in [0.4, 0.5) is 0 Å². The number of benzene rings is 1. The van der Waals surface area contributed by atoms with Gasteiger partial charge in [-0.15, -0.1) is 0 Å². The SMILES string of the molecule is Cc1cccc(-c2cnc(-c3ccncc3)nc2C2CCN(C(=O)c3cc(CC(C)C)on3)CC2)c1. The van der Waals surface area contributed by atoms with Crippen molar-refractivity contribution in [2.24, 2.45) is 5.92 Å². The molecule has 4 aromatic rings. The standard InChI is InChI=1S/C29H31N5O2/c1-19(2)15-24-17-26(33-36-24)29(35)34-13-9-21(10-14-34)27-25(23-6-4-5-20(3)16-23)18-31-28(32-27)22-7-11-30-12-8-22/h4-8,11-12,16-19,21H,9-10,13-15H2,1-3H3. The number of aromatic nitrogens is 4. The Labute approximate surface area is 211 Å². The van der Waals surface area contributed by atoms with Gasteiger partial charge in [0.2, 0.25) is 0 Å². The zero-order chi connectivity index (χ0) is 25.1. The fraction of sp³-hybridized carbons (Fsp3) is 0.345. The Morgan fingerprint density at radius 3 is 2.58 bits per heavy atom. The van der Waals surface area contributed by atoms with Crippen LogP contribution in [0, 0.1) is 12.8 Å². The van der Waals surface area contributed by atoms with Crippen molar-refractivity contribution in [3.8, 4) is 22.5 Å². The molecule has 0 N–H and O–H groups in total. The zero-order valence-electron chi connectivity index (χ0n) is 21.0. The fourth-order valence-electron chi connectivity index (χ4n) is 4.81. The molecule has 0 unspecified atom stereocenters. The molecule has 1 saturated heterocycles. The molecule has 0 radical (unpaired) electrons. The van der Waals surface area contributed by atoms with Gasteiger partial charge >= 0.3 is 0 Å². The quantitative estimate of drug-likeness (QED) is 0.350. The van der Waals surface area contributed by atoms with Crippen LogP contribution in [0.5, 0.6) is 0 Å². The van der Waals surface area contributed by atoms with Crippen LogP contribution in [0.15, 0.2) is 65.6 Å². The van der Waals surface area contributed by atoms with Crippen molar-refractivity contribution in [1.82, 2.24) is 25.0 Å². The van der Waals surface area contributed by atoms with E-state index in [-0.39, 0.29) is 11.8 Å². The average molecular weight is 482 g/mol. The number of rotatable bonds is 6. The Hall–Kier alpha value is -3.87. The first kappa shape index (κ1) is 23.9. The third kappa shape index (κ3) is 5.20. The highest BCUT2D eigenvalue weighted by Crippen LogP contribution is 2.35. The van der Waals surface area contributed by atoms with Gasteiger partial charge in [-0.05, 0) is 43.4 Å². The van der Waals surface area contributed by atoms with Crippen molar-refractivity contribution >= 4 is 5.91 Å². The van der Waals surface area contributed by atoms with Crippen molar-refractivity contribution in [3.05, 3.63) is 83.8 Å². The van der Waals surface area contributed by atoms with Gasteiger partial charge in [-0.25, -0.2) is 9.97 Å². The highest BCUT2D eigenvalue weighted by atomic mass is 16.5. The second-order valence-corrected chi connectivity index (χ2v) is 9.94. The van der Waals surface area contributed by atoms with E-state index in [0.29, 0.717) is 30.5 Å². The van der Waals surface area contributed by atoms with Crippen LogP contribution >= 0.6 is 0 Å². The van der Waals surface area contributed by atoms with Gasteiger partial charge in [0.05, 0.1) is 5.69 Å². The summed E-state index contributed by atoms with van der Waals surface area (Å²) in [6.07, 6.45) is 7.89. The molecule has 5 rings (SSSR count). The van der Waals surface area contributed by atoms with E-state index in [0.717, 1.165) is 47.4 Å². The Morgan fingerprint density at radius 2 is 1.86 bits per heavy atom. The highest BCUT2D eigenvalue weighted by molar-refractivity contribution is 5.92. The normalized spacial score (nSPS) is 14.4. The fourth-order valence-corrected chi connectivity index (χ4v) is 4.81. The number of nitrogens with zero attached hydrogens (tertiary/aromatic N) is 5.